The third-order valence-electron chi connectivity index (χ3n) is 10.4. The van der Waals surface area contributed by atoms with Gasteiger partial charge in [-0.2, -0.15) is 0 Å². The Morgan fingerprint density at radius 3 is 2.59 bits per heavy atom. The van der Waals surface area contributed by atoms with Crippen molar-refractivity contribution >= 4 is 21.6 Å². The molecule has 0 spiro atoms. The number of allylic oxidation sites excluding steroid dienone is 3. The van der Waals surface area contributed by atoms with Gasteiger partial charge in [0.1, 0.15) is 6.17 Å². The van der Waals surface area contributed by atoms with E-state index >= 15 is 4.39 Å². The summed E-state index contributed by atoms with van der Waals surface area (Å²) in [4.78, 5) is 3.62. The van der Waals surface area contributed by atoms with Crippen molar-refractivity contribution in [1.82, 2.24) is 4.90 Å². The van der Waals surface area contributed by atoms with E-state index in [0.717, 1.165) is 29.9 Å². The lowest BCUT2D eigenvalue weighted by Gasteiger charge is -2.49. The summed E-state index contributed by atoms with van der Waals surface area (Å²) in [7, 11) is -2.10. The third-order valence-corrected chi connectivity index (χ3v) is 14.1. The number of hydrogen-bond acceptors (Lipinski definition) is 6. The summed E-state index contributed by atoms with van der Waals surface area (Å²) in [6.45, 7) is 7.22. The second kappa shape index (κ2) is 12.3. The molecule has 0 aromatic rings. The van der Waals surface area contributed by atoms with Crippen LogP contribution >= 0.6 is 11.8 Å². The molecule has 8 heteroatoms. The number of rotatable bonds is 5. The normalized spacial score (nSPS) is 41.0. The second-order valence-corrected chi connectivity index (χ2v) is 16.3. The molecule has 5 rings (SSSR count). The monoisotopic (exact) mass is 581 g/mol. The Morgan fingerprint density at radius 2 is 1.90 bits per heavy atom. The summed E-state index contributed by atoms with van der Waals surface area (Å²) in [6.07, 6.45) is 13.3. The van der Waals surface area contributed by atoms with Crippen molar-refractivity contribution in [2.24, 2.45) is 29.6 Å². The fourth-order valence-corrected chi connectivity index (χ4v) is 11.9. The zero-order chi connectivity index (χ0) is 27.9. The summed E-state index contributed by atoms with van der Waals surface area (Å²) in [5, 5.41) is 10.2. The van der Waals surface area contributed by atoms with E-state index in [1.54, 1.807) is 6.08 Å². The fourth-order valence-electron chi connectivity index (χ4n) is 8.15. The van der Waals surface area contributed by atoms with Crippen LogP contribution in [0.1, 0.15) is 78.6 Å². The minimum absolute atomic E-state index is 0.0695. The molecule has 2 heterocycles. The standard InChI is InChI=1S/C31H48FNO4S2/c1-19-10-8-9-13-26(19)33-17-24(22-11-6-5-7-12-22)21(3)18-39(35,36)29-15-23(25(32)16-27(29)33)28-14-20(2)30(38-28)31(34)37-4/h9,13,15,19,21-28,31,34H,5-8,10-12,14,16-18H2,1-4H3/t19?,21?,23?,24-,25?,26?,27?,28?,31?/m0/s1. The Morgan fingerprint density at radius 1 is 1.15 bits per heavy atom. The van der Waals surface area contributed by atoms with Gasteiger partial charge >= 0.3 is 0 Å². The van der Waals surface area contributed by atoms with Gasteiger partial charge in [-0.25, -0.2) is 12.8 Å². The summed E-state index contributed by atoms with van der Waals surface area (Å²) < 4.78 is 49.7. The lowest BCUT2D eigenvalue weighted by molar-refractivity contribution is -0.0389. The van der Waals surface area contributed by atoms with Crippen molar-refractivity contribution in [3.05, 3.63) is 33.6 Å². The summed E-state index contributed by atoms with van der Waals surface area (Å²) >= 11 is 1.46. The van der Waals surface area contributed by atoms with E-state index in [1.165, 1.54) is 51.0 Å². The molecular weight excluding hydrogens is 533 g/mol. The maximum atomic E-state index is 16.3. The predicted molar refractivity (Wildman–Crippen MR) is 158 cm³/mol. The number of thioether (sulfide) groups is 1. The Hall–Kier alpha value is -0.670. The number of methoxy groups -OCH3 is 1. The average Bonchev–Trinajstić information content (AvgIpc) is 3.30. The Labute approximate surface area is 239 Å². The van der Waals surface area contributed by atoms with E-state index in [0.29, 0.717) is 29.1 Å². The molecule has 9 atom stereocenters. The topological polar surface area (TPSA) is 66.8 Å². The zero-order valence-corrected chi connectivity index (χ0v) is 25.7. The van der Waals surface area contributed by atoms with Crippen molar-refractivity contribution in [3.63, 3.8) is 0 Å². The van der Waals surface area contributed by atoms with Crippen LogP contribution in [-0.2, 0) is 14.6 Å². The molecule has 0 aromatic heterocycles. The molecule has 1 saturated carbocycles. The van der Waals surface area contributed by atoms with Crippen molar-refractivity contribution < 1.29 is 22.7 Å². The quantitative estimate of drug-likeness (QED) is 0.305. The summed E-state index contributed by atoms with van der Waals surface area (Å²) in [5.41, 5.74) is 0.999. The molecule has 8 unspecified atom stereocenters. The van der Waals surface area contributed by atoms with Gasteiger partial charge in [0, 0.05) is 41.8 Å². The van der Waals surface area contributed by atoms with E-state index in [-0.39, 0.29) is 29.4 Å². The van der Waals surface area contributed by atoms with Crippen LogP contribution in [0.5, 0.6) is 0 Å². The first-order valence-electron chi connectivity index (χ1n) is 15.2. The molecular formula is C31H48FNO4S2. The lowest BCUT2D eigenvalue weighted by Crippen LogP contribution is -2.56. The average molecular weight is 582 g/mol. The van der Waals surface area contributed by atoms with E-state index in [9.17, 15) is 13.5 Å². The van der Waals surface area contributed by atoms with Crippen LogP contribution in [0.2, 0.25) is 0 Å². The second-order valence-electron chi connectivity index (χ2n) is 13.0. The van der Waals surface area contributed by atoms with Gasteiger partial charge in [-0.3, -0.25) is 4.90 Å². The van der Waals surface area contributed by atoms with Crippen LogP contribution < -0.4 is 0 Å². The molecule has 1 N–H and O–H groups in total. The van der Waals surface area contributed by atoms with Gasteiger partial charge in [-0.1, -0.05) is 69.8 Å². The molecule has 0 bridgehead atoms. The molecule has 2 fully saturated rings. The Bertz CT molecular complexity index is 1080. The number of alkyl halides is 1. The van der Waals surface area contributed by atoms with Crippen LogP contribution in [0.15, 0.2) is 33.6 Å². The smallest absolute Gasteiger partial charge is 0.186 e. The molecule has 0 radical (unpaired) electrons. The Balaban J connectivity index is 1.52. The number of nitrogens with zero attached hydrogens (tertiary/aromatic N) is 1. The number of sulfone groups is 1. The molecule has 3 aliphatic carbocycles. The summed E-state index contributed by atoms with van der Waals surface area (Å²) in [5.74, 6) is 0.999. The lowest BCUT2D eigenvalue weighted by atomic mass is 9.73. The highest BCUT2D eigenvalue weighted by Gasteiger charge is 2.49. The number of aliphatic hydroxyl groups is 1. The Kier molecular flexibility index (Phi) is 9.39. The molecule has 220 valence electrons. The first kappa shape index (κ1) is 29.8. The van der Waals surface area contributed by atoms with E-state index in [2.05, 4.69) is 30.9 Å². The minimum atomic E-state index is -3.56. The maximum absolute atomic E-state index is 16.3. The fraction of sp³-hybridized carbons (Fsp3) is 0.806. The summed E-state index contributed by atoms with van der Waals surface area (Å²) in [6, 6.07) is -0.282. The number of halogens is 1. The number of fused-ring (bicyclic) bond motifs is 1. The van der Waals surface area contributed by atoms with Crippen LogP contribution in [-0.4, -0.2) is 67.6 Å². The van der Waals surface area contributed by atoms with Gasteiger partial charge in [0.2, 0.25) is 0 Å². The number of hydrogen-bond donors (Lipinski definition) is 1. The highest BCUT2D eigenvalue weighted by atomic mass is 32.2. The molecule has 1 saturated heterocycles. The van der Waals surface area contributed by atoms with Gasteiger partial charge in [-0.05, 0) is 56.3 Å². The minimum Gasteiger partial charge on any atom is -0.364 e. The van der Waals surface area contributed by atoms with Crippen molar-refractivity contribution in [2.75, 3.05) is 19.4 Å². The molecule has 0 amide bonds. The molecule has 2 aliphatic heterocycles. The van der Waals surface area contributed by atoms with Crippen molar-refractivity contribution in [3.8, 4) is 0 Å². The highest BCUT2D eigenvalue weighted by Crippen LogP contribution is 2.49. The SMILES string of the molecule is COC(O)C1=C(C)CC(C2C=C3C(CC2F)N(C2C=CCCC2C)C[C@H](C2CCCCC2)C(C)CS3(=O)=O)S1. The maximum Gasteiger partial charge on any atom is 0.186 e. The first-order valence-corrected chi connectivity index (χ1v) is 17.7. The third kappa shape index (κ3) is 6.11. The molecule has 0 aromatic carbocycles. The van der Waals surface area contributed by atoms with Gasteiger partial charge < -0.3 is 9.84 Å². The van der Waals surface area contributed by atoms with Crippen LogP contribution in [0.25, 0.3) is 0 Å². The van der Waals surface area contributed by atoms with Gasteiger partial charge in [-0.15, -0.1) is 11.8 Å². The van der Waals surface area contributed by atoms with Crippen LogP contribution in [0.3, 0.4) is 0 Å². The highest BCUT2D eigenvalue weighted by molar-refractivity contribution is 8.04. The molecule has 5 aliphatic rings. The number of ether oxygens (including phenoxy) is 1. The van der Waals surface area contributed by atoms with Crippen molar-refractivity contribution in [1.29, 1.82) is 0 Å². The predicted octanol–water partition coefficient (Wildman–Crippen LogP) is 6.26. The van der Waals surface area contributed by atoms with E-state index in [4.69, 9.17) is 4.74 Å². The van der Waals surface area contributed by atoms with Crippen LogP contribution in [0, 0.1) is 29.6 Å². The molecule has 39 heavy (non-hydrogen) atoms. The molecule has 5 nitrogen and oxygen atoms in total. The first-order chi connectivity index (χ1) is 18.6. The van der Waals surface area contributed by atoms with E-state index < -0.39 is 34.3 Å². The largest absolute Gasteiger partial charge is 0.364 e. The van der Waals surface area contributed by atoms with Gasteiger partial charge in [0.15, 0.2) is 16.1 Å². The van der Waals surface area contributed by atoms with Gasteiger partial charge in [0.25, 0.3) is 0 Å². The zero-order valence-electron chi connectivity index (χ0n) is 24.1. The number of aliphatic hydroxyl groups excluding tert-OH is 1. The van der Waals surface area contributed by atoms with E-state index in [1.807, 2.05) is 6.92 Å². The van der Waals surface area contributed by atoms with Gasteiger partial charge in [0.05, 0.1) is 10.7 Å². The van der Waals surface area contributed by atoms with Crippen LogP contribution in [0.4, 0.5) is 4.39 Å². The van der Waals surface area contributed by atoms with Crippen molar-refractivity contribution in [2.45, 2.75) is 108 Å².